The lowest BCUT2D eigenvalue weighted by Crippen LogP contribution is -2.16. The molecular formula is C30H25N3O2. The summed E-state index contributed by atoms with van der Waals surface area (Å²) in [5.74, 6) is -0.571. The number of allylic oxidation sites excluding steroid dienone is 1. The smallest absolute Gasteiger partial charge is 0.328 e. The predicted molar refractivity (Wildman–Crippen MR) is 138 cm³/mol. The van der Waals surface area contributed by atoms with Crippen LogP contribution in [0.3, 0.4) is 0 Å². The molecule has 35 heavy (non-hydrogen) atoms. The lowest BCUT2D eigenvalue weighted by molar-refractivity contribution is -0.131. The number of fused-ring (bicyclic) bond motifs is 1. The molecule has 0 spiro atoms. The van der Waals surface area contributed by atoms with Crippen LogP contribution in [0.4, 0.5) is 0 Å². The van der Waals surface area contributed by atoms with E-state index in [-0.39, 0.29) is 0 Å². The number of aryl methyl sites for hydroxylation is 1. The van der Waals surface area contributed by atoms with Crippen LogP contribution in [0.2, 0.25) is 0 Å². The van der Waals surface area contributed by atoms with E-state index >= 15 is 0 Å². The summed E-state index contributed by atoms with van der Waals surface area (Å²) in [4.78, 5) is 10.9. The maximum atomic E-state index is 10.9. The van der Waals surface area contributed by atoms with Gasteiger partial charge in [-0.1, -0.05) is 61.0 Å². The van der Waals surface area contributed by atoms with Gasteiger partial charge in [0.2, 0.25) is 0 Å². The van der Waals surface area contributed by atoms with Gasteiger partial charge < -0.3 is 5.11 Å². The first-order chi connectivity index (χ1) is 17.1. The second kappa shape index (κ2) is 9.44. The summed E-state index contributed by atoms with van der Waals surface area (Å²) in [5.41, 5.74) is 8.87. The number of benzene rings is 3. The number of hydrogen-bond acceptors (Lipinski definition) is 3. The Hall–Kier alpha value is -4.43. The highest BCUT2D eigenvalue weighted by Gasteiger charge is 2.29. The molecule has 0 radical (unpaired) electrons. The van der Waals surface area contributed by atoms with Crippen molar-refractivity contribution in [3.05, 3.63) is 106 Å². The van der Waals surface area contributed by atoms with Crippen LogP contribution in [0.1, 0.15) is 52.6 Å². The minimum atomic E-state index is -0.978. The molecule has 5 rings (SSSR count). The molecule has 1 aromatic heterocycles. The minimum Gasteiger partial charge on any atom is -0.478 e. The number of aromatic amines is 1. The molecule has 0 saturated heterocycles. The van der Waals surface area contributed by atoms with Gasteiger partial charge in [0.15, 0.2) is 0 Å². The molecule has 0 atom stereocenters. The van der Waals surface area contributed by atoms with Gasteiger partial charge in [-0.3, -0.25) is 5.10 Å². The van der Waals surface area contributed by atoms with Gasteiger partial charge in [-0.05, 0) is 71.2 Å². The fraction of sp³-hybridized carbons (Fsp3) is 0.167. The van der Waals surface area contributed by atoms with Crippen LogP contribution < -0.4 is 0 Å². The molecule has 1 aliphatic rings. The van der Waals surface area contributed by atoms with Crippen LogP contribution >= 0.6 is 0 Å². The predicted octanol–water partition coefficient (Wildman–Crippen LogP) is 6.60. The van der Waals surface area contributed by atoms with Crippen LogP contribution in [-0.2, 0) is 4.79 Å². The number of nitrogens with zero attached hydrogens (tertiary/aromatic N) is 2. The molecule has 0 aliphatic heterocycles. The van der Waals surface area contributed by atoms with Gasteiger partial charge in [0.05, 0.1) is 17.3 Å². The first-order valence-electron chi connectivity index (χ1n) is 11.7. The zero-order valence-electron chi connectivity index (χ0n) is 19.5. The highest BCUT2D eigenvalue weighted by Crippen LogP contribution is 2.46. The first kappa shape index (κ1) is 22.4. The number of nitrogens with one attached hydrogen (secondary N) is 1. The molecule has 2 N–H and O–H groups in total. The summed E-state index contributed by atoms with van der Waals surface area (Å²) in [6.07, 6.45) is 7.86. The van der Waals surface area contributed by atoms with E-state index in [4.69, 9.17) is 5.11 Å². The third-order valence-electron chi connectivity index (χ3n) is 6.84. The van der Waals surface area contributed by atoms with Gasteiger partial charge >= 0.3 is 5.97 Å². The number of carbonyl (C=O) groups is 1. The molecule has 3 aromatic carbocycles. The lowest BCUT2D eigenvalue weighted by Gasteiger charge is -2.32. The van der Waals surface area contributed by atoms with Crippen molar-refractivity contribution in [1.82, 2.24) is 10.2 Å². The summed E-state index contributed by atoms with van der Waals surface area (Å²) in [5, 5.41) is 27.2. The number of H-pyrrole nitrogens is 1. The summed E-state index contributed by atoms with van der Waals surface area (Å²) >= 11 is 0. The fourth-order valence-electron chi connectivity index (χ4n) is 4.86. The lowest BCUT2D eigenvalue weighted by atomic mass is 9.72. The summed E-state index contributed by atoms with van der Waals surface area (Å²) in [7, 11) is 0. The van der Waals surface area contributed by atoms with Gasteiger partial charge in [-0.25, -0.2) is 4.79 Å². The van der Waals surface area contributed by atoms with E-state index in [1.54, 1.807) is 12.3 Å². The molecule has 0 bridgehead atoms. The molecule has 0 unspecified atom stereocenters. The second-order valence-corrected chi connectivity index (χ2v) is 8.96. The minimum absolute atomic E-state index is 0.407. The first-order valence-corrected chi connectivity index (χ1v) is 11.7. The van der Waals surface area contributed by atoms with Crippen LogP contribution in [0.25, 0.3) is 28.1 Å². The van der Waals surface area contributed by atoms with E-state index in [0.717, 1.165) is 52.1 Å². The second-order valence-electron chi connectivity index (χ2n) is 8.96. The topological polar surface area (TPSA) is 89.8 Å². The Labute approximate surface area is 204 Å². The zero-order valence-corrected chi connectivity index (χ0v) is 19.5. The van der Waals surface area contributed by atoms with Crippen molar-refractivity contribution in [3.8, 4) is 6.07 Å². The Bertz CT molecular complexity index is 1510. The molecule has 1 fully saturated rings. The van der Waals surface area contributed by atoms with E-state index in [1.807, 2.05) is 36.4 Å². The van der Waals surface area contributed by atoms with Gasteiger partial charge in [0.25, 0.3) is 0 Å². The number of rotatable bonds is 6. The Morgan fingerprint density at radius 2 is 1.86 bits per heavy atom. The Kier molecular flexibility index (Phi) is 6.03. The molecule has 1 saturated carbocycles. The quantitative estimate of drug-likeness (QED) is 0.251. The molecule has 172 valence electrons. The van der Waals surface area contributed by atoms with Gasteiger partial charge in [-0.15, -0.1) is 0 Å². The van der Waals surface area contributed by atoms with E-state index in [2.05, 4.69) is 47.5 Å². The van der Waals surface area contributed by atoms with Crippen LogP contribution in [0.5, 0.6) is 0 Å². The highest BCUT2D eigenvalue weighted by molar-refractivity contribution is 6.04. The van der Waals surface area contributed by atoms with Crippen molar-refractivity contribution in [2.45, 2.75) is 26.2 Å². The molecule has 1 heterocycles. The van der Waals surface area contributed by atoms with E-state index in [1.165, 1.54) is 23.1 Å². The van der Waals surface area contributed by atoms with Crippen molar-refractivity contribution in [1.29, 1.82) is 5.26 Å². The standard InChI is InChI=1S/C30H25N3O2/c1-19-5-2-3-8-23(19)29(21-6-4-7-21)30(22-12-9-20(10-13-22)11-16-28(34)35)24-14-15-27-26(18-32-33-27)25(24)17-31/h2-3,5,8-16,18,21H,4,6-7H2,1H3,(H,32,33)(H,34,35). The summed E-state index contributed by atoms with van der Waals surface area (Å²) in [6, 6.07) is 22.8. The van der Waals surface area contributed by atoms with Gasteiger partial charge in [0.1, 0.15) is 6.07 Å². The molecule has 1 aliphatic carbocycles. The van der Waals surface area contributed by atoms with Crippen molar-refractivity contribution in [2.24, 2.45) is 5.92 Å². The Morgan fingerprint density at radius 1 is 1.09 bits per heavy atom. The normalized spacial score (nSPS) is 14.5. The molecule has 4 aromatic rings. The van der Waals surface area contributed by atoms with Crippen LogP contribution in [0, 0.1) is 24.2 Å². The average molecular weight is 460 g/mol. The molecular weight excluding hydrogens is 434 g/mol. The number of nitriles is 1. The maximum absolute atomic E-state index is 10.9. The SMILES string of the molecule is Cc1ccccc1C(=C(c1ccc(C=CC(=O)O)cc1)c1ccc2[nH]ncc2c1C#N)C1CCC1. The number of carboxylic acid groups (broad SMARTS) is 1. The summed E-state index contributed by atoms with van der Waals surface area (Å²) < 4.78 is 0. The van der Waals surface area contributed by atoms with Crippen molar-refractivity contribution in [3.63, 3.8) is 0 Å². The Balaban J connectivity index is 1.81. The van der Waals surface area contributed by atoms with Gasteiger partial charge in [0, 0.05) is 17.0 Å². The van der Waals surface area contributed by atoms with Crippen molar-refractivity contribution in [2.75, 3.05) is 0 Å². The number of aliphatic carboxylic acids is 1. The molecule has 0 amide bonds. The van der Waals surface area contributed by atoms with E-state index < -0.39 is 5.97 Å². The van der Waals surface area contributed by atoms with Crippen molar-refractivity contribution < 1.29 is 9.90 Å². The van der Waals surface area contributed by atoms with E-state index in [9.17, 15) is 10.1 Å². The van der Waals surface area contributed by atoms with Crippen LogP contribution in [0.15, 0.2) is 72.9 Å². The van der Waals surface area contributed by atoms with E-state index in [0.29, 0.717) is 11.5 Å². The monoisotopic (exact) mass is 459 g/mol. The fourth-order valence-corrected chi connectivity index (χ4v) is 4.86. The Morgan fingerprint density at radius 3 is 2.51 bits per heavy atom. The third kappa shape index (κ3) is 4.27. The zero-order chi connectivity index (χ0) is 24.4. The number of aromatic nitrogens is 2. The average Bonchev–Trinajstić information content (AvgIpc) is 3.31. The highest BCUT2D eigenvalue weighted by atomic mass is 16.4. The molecule has 5 heteroatoms. The number of hydrogen-bond donors (Lipinski definition) is 2. The van der Waals surface area contributed by atoms with Crippen molar-refractivity contribution >= 4 is 34.1 Å². The van der Waals surface area contributed by atoms with Crippen LogP contribution in [-0.4, -0.2) is 21.3 Å². The molecule has 5 nitrogen and oxygen atoms in total. The third-order valence-corrected chi connectivity index (χ3v) is 6.84. The van der Waals surface area contributed by atoms with Gasteiger partial charge in [-0.2, -0.15) is 10.4 Å². The maximum Gasteiger partial charge on any atom is 0.328 e. The number of carboxylic acids is 1. The summed E-state index contributed by atoms with van der Waals surface area (Å²) in [6.45, 7) is 2.13. The largest absolute Gasteiger partial charge is 0.478 e.